The van der Waals surface area contributed by atoms with Crippen LogP contribution in [-0.2, 0) is 0 Å². The molecule has 0 saturated carbocycles. The number of rotatable bonds is 2. The van der Waals surface area contributed by atoms with E-state index in [0.717, 1.165) is 15.6 Å². The molecule has 0 amide bonds. The topological polar surface area (TPSA) is 26.0 Å². The van der Waals surface area contributed by atoms with E-state index in [0.29, 0.717) is 10.0 Å². The molecule has 1 unspecified atom stereocenters. The molecule has 2 aromatic carbocycles. The van der Waals surface area contributed by atoms with Crippen molar-refractivity contribution in [1.82, 2.24) is 0 Å². The van der Waals surface area contributed by atoms with Gasteiger partial charge in [0.2, 0.25) is 0 Å². The van der Waals surface area contributed by atoms with Crippen molar-refractivity contribution in [2.75, 3.05) is 0 Å². The predicted molar refractivity (Wildman–Crippen MR) is 76.6 cm³/mol. The number of hydrogen-bond acceptors (Lipinski definition) is 1. The molecule has 2 aromatic rings. The monoisotopic (exact) mass is 329 g/mol. The van der Waals surface area contributed by atoms with Crippen LogP contribution in [0.4, 0.5) is 0 Å². The van der Waals surface area contributed by atoms with Crippen molar-refractivity contribution in [3.8, 4) is 0 Å². The molecule has 4 heteroatoms. The number of hydrogen-bond donors (Lipinski definition) is 1. The van der Waals surface area contributed by atoms with Crippen molar-refractivity contribution in [1.29, 1.82) is 0 Å². The summed E-state index contributed by atoms with van der Waals surface area (Å²) < 4.78 is 0.914. The first kappa shape index (κ1) is 12.9. The molecule has 0 bridgehead atoms. The Labute approximate surface area is 119 Å². The Bertz CT molecular complexity index is 522. The van der Waals surface area contributed by atoms with Gasteiger partial charge in [-0.25, -0.2) is 0 Å². The van der Waals surface area contributed by atoms with E-state index in [1.54, 1.807) is 0 Å². The zero-order chi connectivity index (χ0) is 12.4. The molecule has 2 rings (SSSR count). The second-order valence-electron chi connectivity index (χ2n) is 3.74. The third kappa shape index (κ3) is 3.23. The first-order valence-electron chi connectivity index (χ1n) is 5.03. The fourth-order valence-electron chi connectivity index (χ4n) is 1.65. The lowest BCUT2D eigenvalue weighted by Crippen LogP contribution is -2.11. The molecule has 0 saturated heterocycles. The Kier molecular flexibility index (Phi) is 4.10. The average Bonchev–Trinajstić information content (AvgIpc) is 2.26. The van der Waals surface area contributed by atoms with Gasteiger partial charge in [0.1, 0.15) is 0 Å². The van der Waals surface area contributed by atoms with Crippen molar-refractivity contribution < 1.29 is 0 Å². The second-order valence-corrected chi connectivity index (χ2v) is 5.52. The SMILES string of the molecule is NC(c1cccc(Cl)c1)c1cc(Cl)cc(Br)c1. The predicted octanol–water partition coefficient (Wildman–Crippen LogP) is 4.80. The number of nitrogens with two attached hydrogens (primary N) is 1. The summed E-state index contributed by atoms with van der Waals surface area (Å²) >= 11 is 15.4. The fourth-order valence-corrected chi connectivity index (χ4v) is 2.73. The molecule has 88 valence electrons. The molecular formula is C13H10BrCl2N. The summed E-state index contributed by atoms with van der Waals surface area (Å²) in [6.45, 7) is 0. The lowest BCUT2D eigenvalue weighted by atomic mass is 10.00. The summed E-state index contributed by atoms with van der Waals surface area (Å²) in [4.78, 5) is 0. The van der Waals surface area contributed by atoms with Crippen molar-refractivity contribution in [3.05, 3.63) is 68.1 Å². The molecule has 0 fully saturated rings. The third-order valence-corrected chi connectivity index (χ3v) is 3.36. The van der Waals surface area contributed by atoms with Crippen LogP contribution in [0.25, 0.3) is 0 Å². The smallest absolute Gasteiger partial charge is 0.0553 e. The number of benzene rings is 2. The van der Waals surface area contributed by atoms with Gasteiger partial charge in [-0.15, -0.1) is 0 Å². The van der Waals surface area contributed by atoms with Crippen LogP contribution in [0.2, 0.25) is 10.0 Å². The van der Waals surface area contributed by atoms with E-state index >= 15 is 0 Å². The Morgan fingerprint density at radius 3 is 2.29 bits per heavy atom. The van der Waals surface area contributed by atoms with Crippen molar-refractivity contribution in [3.63, 3.8) is 0 Å². The average molecular weight is 331 g/mol. The van der Waals surface area contributed by atoms with E-state index in [2.05, 4.69) is 15.9 Å². The maximum absolute atomic E-state index is 6.18. The minimum atomic E-state index is -0.233. The normalized spacial score (nSPS) is 12.5. The molecule has 17 heavy (non-hydrogen) atoms. The molecule has 0 aromatic heterocycles. The summed E-state index contributed by atoms with van der Waals surface area (Å²) in [7, 11) is 0. The summed E-state index contributed by atoms with van der Waals surface area (Å²) in [6, 6.07) is 12.9. The molecule has 1 atom stereocenters. The highest BCUT2D eigenvalue weighted by molar-refractivity contribution is 9.10. The van der Waals surface area contributed by atoms with Crippen LogP contribution in [0.3, 0.4) is 0 Å². The Morgan fingerprint density at radius 2 is 1.65 bits per heavy atom. The zero-order valence-corrected chi connectivity index (χ0v) is 11.9. The van der Waals surface area contributed by atoms with Gasteiger partial charge in [-0.1, -0.05) is 51.3 Å². The van der Waals surface area contributed by atoms with E-state index in [1.165, 1.54) is 0 Å². The molecule has 1 nitrogen and oxygen atoms in total. The van der Waals surface area contributed by atoms with Crippen LogP contribution in [0.5, 0.6) is 0 Å². The third-order valence-electron chi connectivity index (χ3n) is 2.45. The standard InChI is InChI=1S/C13H10BrCl2N/c14-10-4-9(6-12(16)7-10)13(17)8-2-1-3-11(15)5-8/h1-7,13H,17H2. The van der Waals surface area contributed by atoms with E-state index < -0.39 is 0 Å². The maximum atomic E-state index is 6.18. The van der Waals surface area contributed by atoms with Gasteiger partial charge in [0.05, 0.1) is 6.04 Å². The highest BCUT2D eigenvalue weighted by Crippen LogP contribution is 2.27. The van der Waals surface area contributed by atoms with Crippen LogP contribution in [0.15, 0.2) is 46.9 Å². The molecule has 0 aliphatic heterocycles. The lowest BCUT2D eigenvalue weighted by Gasteiger charge is -2.13. The van der Waals surface area contributed by atoms with Gasteiger partial charge >= 0.3 is 0 Å². The van der Waals surface area contributed by atoms with Crippen LogP contribution in [-0.4, -0.2) is 0 Å². The Balaban J connectivity index is 2.39. The first-order valence-corrected chi connectivity index (χ1v) is 6.58. The van der Waals surface area contributed by atoms with Gasteiger partial charge in [0, 0.05) is 14.5 Å². The van der Waals surface area contributed by atoms with Gasteiger partial charge in [-0.05, 0) is 41.5 Å². The van der Waals surface area contributed by atoms with Gasteiger partial charge in [0.15, 0.2) is 0 Å². The van der Waals surface area contributed by atoms with Gasteiger partial charge < -0.3 is 5.73 Å². The van der Waals surface area contributed by atoms with Crippen molar-refractivity contribution in [2.24, 2.45) is 5.73 Å². The molecule has 0 spiro atoms. The molecule has 0 radical (unpaired) electrons. The molecule has 2 N–H and O–H groups in total. The van der Waals surface area contributed by atoms with Crippen LogP contribution < -0.4 is 5.73 Å². The van der Waals surface area contributed by atoms with E-state index in [9.17, 15) is 0 Å². The maximum Gasteiger partial charge on any atom is 0.0553 e. The minimum absolute atomic E-state index is 0.233. The number of halogens is 3. The highest BCUT2D eigenvalue weighted by Gasteiger charge is 2.10. The zero-order valence-electron chi connectivity index (χ0n) is 8.83. The summed E-state index contributed by atoms with van der Waals surface area (Å²) in [5, 5.41) is 1.34. The van der Waals surface area contributed by atoms with Crippen LogP contribution in [0, 0.1) is 0 Å². The van der Waals surface area contributed by atoms with Gasteiger partial charge in [-0.3, -0.25) is 0 Å². The molecule has 0 aliphatic rings. The largest absolute Gasteiger partial charge is 0.320 e. The minimum Gasteiger partial charge on any atom is -0.320 e. The molecular weight excluding hydrogens is 321 g/mol. The van der Waals surface area contributed by atoms with E-state index in [-0.39, 0.29) is 6.04 Å². The summed E-state index contributed by atoms with van der Waals surface area (Å²) in [5.74, 6) is 0. The summed E-state index contributed by atoms with van der Waals surface area (Å²) in [5.41, 5.74) is 8.10. The first-order chi connectivity index (χ1) is 8.06. The second kappa shape index (κ2) is 5.40. The van der Waals surface area contributed by atoms with Gasteiger partial charge in [-0.2, -0.15) is 0 Å². The Morgan fingerprint density at radius 1 is 0.941 bits per heavy atom. The van der Waals surface area contributed by atoms with Crippen LogP contribution >= 0.6 is 39.1 Å². The van der Waals surface area contributed by atoms with Crippen molar-refractivity contribution in [2.45, 2.75) is 6.04 Å². The summed E-state index contributed by atoms with van der Waals surface area (Å²) in [6.07, 6.45) is 0. The fraction of sp³-hybridized carbons (Fsp3) is 0.0769. The van der Waals surface area contributed by atoms with Crippen molar-refractivity contribution >= 4 is 39.1 Å². The Hall–Kier alpha value is -0.540. The van der Waals surface area contributed by atoms with Gasteiger partial charge in [0.25, 0.3) is 0 Å². The molecule has 0 heterocycles. The van der Waals surface area contributed by atoms with E-state index in [1.807, 2.05) is 42.5 Å². The highest BCUT2D eigenvalue weighted by atomic mass is 79.9. The van der Waals surface area contributed by atoms with Crippen LogP contribution in [0.1, 0.15) is 17.2 Å². The lowest BCUT2D eigenvalue weighted by molar-refractivity contribution is 0.871. The quantitative estimate of drug-likeness (QED) is 0.840. The van der Waals surface area contributed by atoms with E-state index in [4.69, 9.17) is 28.9 Å². The molecule has 0 aliphatic carbocycles.